The lowest BCUT2D eigenvalue weighted by molar-refractivity contribution is -0.167. The second kappa shape index (κ2) is 70.3. The van der Waals surface area contributed by atoms with E-state index in [1.807, 2.05) is 0 Å². The molecule has 6 nitrogen and oxygen atoms in total. The van der Waals surface area contributed by atoms with E-state index in [0.717, 1.165) is 103 Å². The Bertz CT molecular complexity index is 1700. The van der Waals surface area contributed by atoms with Crippen molar-refractivity contribution in [2.45, 2.75) is 335 Å². The molecule has 0 spiro atoms. The molecule has 0 N–H and O–H groups in total. The highest BCUT2D eigenvalue weighted by Gasteiger charge is 2.19. The molecular weight excluding hydrogens is 1020 g/mol. The molecule has 83 heavy (non-hydrogen) atoms. The molecule has 0 heterocycles. The minimum Gasteiger partial charge on any atom is -0.462 e. The molecule has 0 bridgehead atoms. The zero-order valence-electron chi connectivity index (χ0n) is 54.4. The van der Waals surface area contributed by atoms with Crippen LogP contribution < -0.4 is 0 Å². The van der Waals surface area contributed by atoms with Gasteiger partial charge < -0.3 is 14.2 Å². The highest BCUT2D eigenvalue weighted by molar-refractivity contribution is 5.71. The van der Waals surface area contributed by atoms with Crippen molar-refractivity contribution in [2.24, 2.45) is 0 Å². The average Bonchev–Trinajstić information content (AvgIpc) is 3.49. The lowest BCUT2D eigenvalue weighted by Gasteiger charge is -2.18. The Morgan fingerprint density at radius 1 is 0.253 bits per heavy atom. The number of allylic oxidation sites excluding steroid dienone is 20. The van der Waals surface area contributed by atoms with Crippen molar-refractivity contribution < 1.29 is 28.6 Å². The van der Waals surface area contributed by atoms with Crippen LogP contribution in [0.25, 0.3) is 0 Å². The van der Waals surface area contributed by atoms with Crippen molar-refractivity contribution >= 4 is 17.9 Å². The van der Waals surface area contributed by atoms with Gasteiger partial charge in [0.2, 0.25) is 0 Å². The van der Waals surface area contributed by atoms with E-state index in [2.05, 4.69) is 142 Å². The van der Waals surface area contributed by atoms with Crippen molar-refractivity contribution in [3.63, 3.8) is 0 Å². The summed E-state index contributed by atoms with van der Waals surface area (Å²) in [4.78, 5) is 38.4. The summed E-state index contributed by atoms with van der Waals surface area (Å²) in [5.74, 6) is -0.951. The number of hydrogen-bond donors (Lipinski definition) is 0. The largest absolute Gasteiger partial charge is 0.462 e. The maximum Gasteiger partial charge on any atom is 0.306 e. The smallest absolute Gasteiger partial charge is 0.306 e. The summed E-state index contributed by atoms with van der Waals surface area (Å²) in [5, 5.41) is 0. The Morgan fingerprint density at radius 2 is 0.482 bits per heavy atom. The van der Waals surface area contributed by atoms with Gasteiger partial charge in [-0.2, -0.15) is 0 Å². The molecule has 0 aromatic rings. The fourth-order valence-electron chi connectivity index (χ4n) is 9.74. The van der Waals surface area contributed by atoms with E-state index in [1.54, 1.807) is 0 Å². The van der Waals surface area contributed by atoms with Crippen LogP contribution in [0.4, 0.5) is 0 Å². The molecule has 0 amide bonds. The van der Waals surface area contributed by atoms with Crippen LogP contribution in [0.3, 0.4) is 0 Å². The highest BCUT2D eigenvalue weighted by atomic mass is 16.6. The summed E-state index contributed by atoms with van der Waals surface area (Å²) in [6.45, 7) is 6.51. The lowest BCUT2D eigenvalue weighted by atomic mass is 10.0. The molecule has 0 saturated carbocycles. The fourth-order valence-corrected chi connectivity index (χ4v) is 9.74. The second-order valence-corrected chi connectivity index (χ2v) is 23.1. The molecule has 0 rings (SSSR count). The van der Waals surface area contributed by atoms with Gasteiger partial charge in [0.15, 0.2) is 6.10 Å². The zero-order chi connectivity index (χ0) is 59.9. The summed E-state index contributed by atoms with van der Waals surface area (Å²) in [7, 11) is 0. The minimum absolute atomic E-state index is 0.0965. The van der Waals surface area contributed by atoms with Gasteiger partial charge in [-0.05, 0) is 109 Å². The molecule has 1 unspecified atom stereocenters. The Labute approximate surface area is 513 Å². The van der Waals surface area contributed by atoms with Gasteiger partial charge in [-0.3, -0.25) is 14.4 Å². The summed E-state index contributed by atoms with van der Waals surface area (Å²) < 4.78 is 16.9. The van der Waals surface area contributed by atoms with Crippen molar-refractivity contribution in [1.82, 2.24) is 0 Å². The van der Waals surface area contributed by atoms with Gasteiger partial charge in [-0.15, -0.1) is 0 Å². The van der Waals surface area contributed by atoms with E-state index in [1.165, 1.54) is 180 Å². The predicted molar refractivity (Wildman–Crippen MR) is 362 cm³/mol. The first-order chi connectivity index (χ1) is 41.0. The van der Waals surface area contributed by atoms with Crippen LogP contribution in [0.1, 0.15) is 329 Å². The highest BCUT2D eigenvalue weighted by Crippen LogP contribution is 2.17. The molecule has 0 aromatic carbocycles. The number of ether oxygens (including phenoxy) is 3. The molecule has 0 fully saturated rings. The van der Waals surface area contributed by atoms with Crippen molar-refractivity contribution in [2.75, 3.05) is 13.2 Å². The molecular formula is C77H130O6. The van der Waals surface area contributed by atoms with E-state index in [0.29, 0.717) is 19.3 Å². The quantitative estimate of drug-likeness (QED) is 0.0261. The molecule has 0 aliphatic carbocycles. The maximum absolute atomic E-state index is 12.9. The fraction of sp³-hybridized carbons (Fsp3) is 0.701. The molecule has 6 heteroatoms. The van der Waals surface area contributed by atoms with Crippen LogP contribution in [0.2, 0.25) is 0 Å². The van der Waals surface area contributed by atoms with E-state index in [-0.39, 0.29) is 37.5 Å². The van der Waals surface area contributed by atoms with E-state index in [4.69, 9.17) is 14.2 Å². The monoisotopic (exact) mass is 1150 g/mol. The first-order valence-corrected chi connectivity index (χ1v) is 35.0. The second-order valence-electron chi connectivity index (χ2n) is 23.1. The van der Waals surface area contributed by atoms with Gasteiger partial charge in [0, 0.05) is 19.3 Å². The summed E-state index contributed by atoms with van der Waals surface area (Å²) in [5.41, 5.74) is 0. The predicted octanol–water partition coefficient (Wildman–Crippen LogP) is 24.3. The Hall–Kier alpha value is -4.19. The molecule has 0 aromatic heterocycles. The van der Waals surface area contributed by atoms with Crippen molar-refractivity contribution in [1.29, 1.82) is 0 Å². The third kappa shape index (κ3) is 68.5. The van der Waals surface area contributed by atoms with Crippen molar-refractivity contribution in [3.8, 4) is 0 Å². The van der Waals surface area contributed by atoms with E-state index in [9.17, 15) is 14.4 Å². The Morgan fingerprint density at radius 3 is 0.795 bits per heavy atom. The van der Waals surface area contributed by atoms with Crippen LogP contribution in [0.5, 0.6) is 0 Å². The molecule has 0 radical (unpaired) electrons. The third-order valence-electron chi connectivity index (χ3n) is 15.0. The number of rotatable bonds is 63. The minimum atomic E-state index is -0.807. The van der Waals surface area contributed by atoms with Crippen LogP contribution in [0, 0.1) is 0 Å². The number of unbranched alkanes of at least 4 members (excludes halogenated alkanes) is 32. The molecule has 0 saturated heterocycles. The van der Waals surface area contributed by atoms with Crippen molar-refractivity contribution in [3.05, 3.63) is 122 Å². The van der Waals surface area contributed by atoms with Crippen LogP contribution in [-0.2, 0) is 28.6 Å². The van der Waals surface area contributed by atoms with Gasteiger partial charge in [0.05, 0.1) is 0 Å². The average molecular weight is 1150 g/mol. The first-order valence-electron chi connectivity index (χ1n) is 35.0. The maximum atomic E-state index is 12.9. The summed E-state index contributed by atoms with van der Waals surface area (Å²) >= 11 is 0. The van der Waals surface area contributed by atoms with E-state index < -0.39 is 6.10 Å². The molecule has 474 valence electrons. The normalized spacial score (nSPS) is 12.9. The van der Waals surface area contributed by atoms with Gasteiger partial charge >= 0.3 is 17.9 Å². The van der Waals surface area contributed by atoms with Gasteiger partial charge in [-0.25, -0.2) is 0 Å². The molecule has 1 atom stereocenters. The van der Waals surface area contributed by atoms with Gasteiger partial charge in [-0.1, -0.05) is 322 Å². The Kier molecular flexibility index (Phi) is 66.7. The lowest BCUT2D eigenvalue weighted by Crippen LogP contribution is -2.30. The van der Waals surface area contributed by atoms with Gasteiger partial charge in [0.25, 0.3) is 0 Å². The Balaban J connectivity index is 4.46. The number of carbonyl (C=O) groups is 3. The van der Waals surface area contributed by atoms with Crippen LogP contribution in [-0.4, -0.2) is 37.2 Å². The SMILES string of the molecule is CC/C=C\C/C=C\C/C=C\C/C=C\C/C=C\C/C=C\C/C=C\C/C=C\C/C=C\CCCC(=O)OCC(COC(=O)CCCCCCCCCCCCCCCCCCCC)OC(=O)CCCCCCCCC/C=C\CCCCCCCCC. The number of carbonyl (C=O) groups excluding carboxylic acids is 3. The first kappa shape index (κ1) is 78.8. The molecule has 0 aliphatic rings. The number of esters is 3. The molecule has 0 aliphatic heterocycles. The third-order valence-corrected chi connectivity index (χ3v) is 15.0. The number of hydrogen-bond acceptors (Lipinski definition) is 6. The standard InChI is InChI=1S/C77H130O6/c1-4-7-10-13-16-19-22-25-28-31-34-35-36-37-38-39-40-41-42-43-44-47-49-52-55-58-61-64-67-70-76(79)82-73-74(83-77(80)71-68-65-62-59-56-53-50-46-33-30-27-24-21-18-15-12-9-6-3)72-81-75(78)69-66-63-60-57-54-51-48-45-32-29-26-23-20-17-14-11-8-5-2/h7,10,16,19,25,28,30,33-35,37-38,40-41,43-44,49,52,58,61,74H,4-6,8-9,11-15,17-18,20-24,26-27,29,31-32,36,39,42,45-48,50-51,53-57,59-60,62-73H2,1-3H3/b10-7-,19-16-,28-25-,33-30-,35-34-,38-37-,41-40-,44-43-,52-49-,61-58-. The summed E-state index contributed by atoms with van der Waals surface area (Å²) in [6, 6.07) is 0. The summed E-state index contributed by atoms with van der Waals surface area (Å²) in [6.07, 6.45) is 97.9. The van der Waals surface area contributed by atoms with E-state index >= 15 is 0 Å². The van der Waals surface area contributed by atoms with Crippen LogP contribution >= 0.6 is 0 Å². The van der Waals surface area contributed by atoms with Crippen LogP contribution in [0.15, 0.2) is 122 Å². The zero-order valence-corrected chi connectivity index (χ0v) is 54.4. The topological polar surface area (TPSA) is 78.9 Å². The van der Waals surface area contributed by atoms with Gasteiger partial charge in [0.1, 0.15) is 13.2 Å².